The van der Waals surface area contributed by atoms with Crippen molar-refractivity contribution in [1.82, 2.24) is 4.98 Å². The highest BCUT2D eigenvalue weighted by Crippen LogP contribution is 2.50. The second-order valence-electron chi connectivity index (χ2n) is 7.89. The van der Waals surface area contributed by atoms with Crippen molar-refractivity contribution in [2.24, 2.45) is 5.16 Å². The topological polar surface area (TPSA) is 107 Å². The normalized spacial score (nSPS) is 16.7. The van der Waals surface area contributed by atoms with Crippen molar-refractivity contribution in [2.45, 2.75) is 32.5 Å². The van der Waals surface area contributed by atoms with Crippen molar-refractivity contribution in [3.8, 4) is 23.0 Å². The molecule has 4 heterocycles. The van der Waals surface area contributed by atoms with E-state index in [0.29, 0.717) is 48.1 Å². The Hall–Kier alpha value is -3.24. The Kier molecular flexibility index (Phi) is 5.63. The van der Waals surface area contributed by atoms with Crippen LogP contribution in [-0.4, -0.2) is 44.9 Å². The first-order valence-corrected chi connectivity index (χ1v) is 11.3. The smallest absolute Gasteiger partial charge is 0.231 e. The van der Waals surface area contributed by atoms with Gasteiger partial charge in [0.05, 0.1) is 31.4 Å². The van der Waals surface area contributed by atoms with Gasteiger partial charge in [-0.25, -0.2) is 4.98 Å². The molecule has 0 amide bonds. The number of thiophene rings is 1. The predicted molar refractivity (Wildman–Crippen MR) is 125 cm³/mol. The fraction of sp³-hybridized carbons (Fsp3) is 0.391. The van der Waals surface area contributed by atoms with Gasteiger partial charge < -0.3 is 34.3 Å². The first kappa shape index (κ1) is 21.6. The summed E-state index contributed by atoms with van der Waals surface area (Å²) in [6, 6.07) is 3.90. The minimum absolute atomic E-state index is 0.127. The van der Waals surface area contributed by atoms with E-state index < -0.39 is 0 Å². The maximum Gasteiger partial charge on any atom is 0.231 e. The van der Waals surface area contributed by atoms with Crippen LogP contribution in [0.3, 0.4) is 0 Å². The number of aryl methyl sites for hydroxylation is 1. The lowest BCUT2D eigenvalue weighted by Crippen LogP contribution is -2.13. The van der Waals surface area contributed by atoms with E-state index in [4.69, 9.17) is 34.3 Å². The van der Waals surface area contributed by atoms with Crippen LogP contribution >= 0.6 is 11.3 Å². The number of oxime groups is 1. The average Bonchev–Trinajstić information content (AvgIpc) is 3.52. The van der Waals surface area contributed by atoms with E-state index in [2.05, 4.69) is 10.1 Å². The van der Waals surface area contributed by atoms with Gasteiger partial charge in [-0.15, -0.1) is 11.3 Å². The van der Waals surface area contributed by atoms with Gasteiger partial charge in [0.1, 0.15) is 16.6 Å². The van der Waals surface area contributed by atoms with E-state index in [-0.39, 0.29) is 12.9 Å². The number of ether oxygens (including phenoxy) is 5. The minimum Gasteiger partial charge on any atom is -0.493 e. The third kappa shape index (κ3) is 3.68. The number of nitrogen functional groups attached to an aromatic ring is 1. The number of hydrogen-bond donors (Lipinski definition) is 1. The monoisotopic (exact) mass is 471 g/mol. The molecule has 2 N–H and O–H groups in total. The quantitative estimate of drug-likeness (QED) is 0.554. The van der Waals surface area contributed by atoms with Crippen LogP contribution < -0.4 is 24.7 Å². The van der Waals surface area contributed by atoms with Gasteiger partial charge in [0.25, 0.3) is 0 Å². The number of methoxy groups -OCH3 is 3. The van der Waals surface area contributed by atoms with Gasteiger partial charge in [-0.3, -0.25) is 0 Å². The van der Waals surface area contributed by atoms with Gasteiger partial charge in [0.2, 0.25) is 18.3 Å². The maximum atomic E-state index is 6.55. The Balaban J connectivity index is 1.42. The maximum absolute atomic E-state index is 6.55. The van der Waals surface area contributed by atoms with Crippen LogP contribution in [0, 0.1) is 6.92 Å². The fourth-order valence-corrected chi connectivity index (χ4v) is 5.51. The Labute approximate surface area is 195 Å². The molecule has 0 saturated heterocycles. The fourth-order valence-electron chi connectivity index (χ4n) is 4.33. The number of aromatic nitrogens is 1. The molecule has 2 aliphatic heterocycles. The van der Waals surface area contributed by atoms with E-state index >= 15 is 0 Å². The number of hydrogen-bond acceptors (Lipinski definition) is 10. The third-order valence-corrected chi connectivity index (χ3v) is 6.86. The zero-order valence-corrected chi connectivity index (χ0v) is 19.7. The molecule has 0 bridgehead atoms. The first-order valence-electron chi connectivity index (χ1n) is 10.5. The summed E-state index contributed by atoms with van der Waals surface area (Å²) in [4.78, 5) is 12.2. The molecule has 174 valence electrons. The lowest BCUT2D eigenvalue weighted by molar-refractivity contribution is 0.0853. The molecule has 3 aromatic rings. The van der Waals surface area contributed by atoms with Crippen LogP contribution in [-0.2, 0) is 22.6 Å². The predicted octanol–water partition coefficient (Wildman–Crippen LogP) is 3.81. The van der Waals surface area contributed by atoms with E-state index in [9.17, 15) is 0 Å². The Morgan fingerprint density at radius 1 is 1.12 bits per heavy atom. The number of pyridine rings is 1. The van der Waals surface area contributed by atoms with Gasteiger partial charge in [0.15, 0.2) is 11.5 Å². The molecule has 10 heteroatoms. The molecular formula is C23H25N3O6S. The highest BCUT2D eigenvalue weighted by molar-refractivity contribution is 7.21. The molecule has 2 aromatic heterocycles. The highest BCUT2D eigenvalue weighted by atomic mass is 32.1. The molecule has 0 radical (unpaired) electrons. The largest absolute Gasteiger partial charge is 0.493 e. The molecule has 0 unspecified atom stereocenters. The highest BCUT2D eigenvalue weighted by Gasteiger charge is 2.31. The van der Waals surface area contributed by atoms with Crippen LogP contribution in [0.4, 0.5) is 5.69 Å². The number of nitrogens with two attached hydrogens (primary N) is 1. The van der Waals surface area contributed by atoms with E-state index in [1.165, 1.54) is 11.3 Å². The summed E-state index contributed by atoms with van der Waals surface area (Å²) in [5.41, 5.74) is 10.9. The molecule has 1 aromatic carbocycles. The van der Waals surface area contributed by atoms with E-state index in [1.54, 1.807) is 21.3 Å². The zero-order valence-electron chi connectivity index (χ0n) is 18.9. The summed E-state index contributed by atoms with van der Waals surface area (Å²) in [5, 5.41) is 5.29. The van der Waals surface area contributed by atoms with Crippen LogP contribution in [0.25, 0.3) is 10.2 Å². The van der Waals surface area contributed by atoms with Gasteiger partial charge in [0, 0.05) is 36.6 Å². The van der Waals surface area contributed by atoms with Crippen molar-refractivity contribution >= 4 is 33.0 Å². The summed E-state index contributed by atoms with van der Waals surface area (Å²) in [7, 11) is 4.87. The summed E-state index contributed by atoms with van der Waals surface area (Å²) < 4.78 is 27.6. The van der Waals surface area contributed by atoms with Crippen molar-refractivity contribution in [2.75, 3.05) is 33.9 Å². The Bertz CT molecular complexity index is 1260. The van der Waals surface area contributed by atoms with Crippen molar-refractivity contribution in [3.05, 3.63) is 33.8 Å². The summed E-state index contributed by atoms with van der Waals surface area (Å²) in [5.74, 6) is 2.31. The van der Waals surface area contributed by atoms with Crippen LogP contribution in [0.5, 0.6) is 23.0 Å². The molecule has 0 spiro atoms. The van der Waals surface area contributed by atoms with Gasteiger partial charge >= 0.3 is 0 Å². The van der Waals surface area contributed by atoms with E-state index in [0.717, 1.165) is 37.6 Å². The lowest BCUT2D eigenvalue weighted by Gasteiger charge is -2.15. The summed E-state index contributed by atoms with van der Waals surface area (Å²) in [6.45, 7) is 2.56. The SMILES string of the molecule is COCc1cc(C)nc2sc(C3=NO[C@H](Cc4cc(OC)c5c(c4OC)OCO5)C3)c(N)c12. The molecule has 0 aliphatic carbocycles. The van der Waals surface area contributed by atoms with Crippen molar-refractivity contribution < 1.29 is 28.5 Å². The molecule has 33 heavy (non-hydrogen) atoms. The molecule has 2 aliphatic rings. The van der Waals surface area contributed by atoms with E-state index in [1.807, 2.05) is 19.1 Å². The molecule has 5 rings (SSSR count). The molecule has 1 atom stereocenters. The summed E-state index contributed by atoms with van der Waals surface area (Å²) >= 11 is 1.53. The van der Waals surface area contributed by atoms with Crippen molar-refractivity contribution in [1.29, 1.82) is 0 Å². The van der Waals surface area contributed by atoms with Crippen LogP contribution in [0.15, 0.2) is 17.3 Å². The van der Waals surface area contributed by atoms with Gasteiger partial charge in [-0.2, -0.15) is 0 Å². The minimum atomic E-state index is -0.184. The number of fused-ring (bicyclic) bond motifs is 2. The average molecular weight is 472 g/mol. The van der Waals surface area contributed by atoms with Crippen molar-refractivity contribution in [3.63, 3.8) is 0 Å². The Morgan fingerprint density at radius 3 is 2.70 bits per heavy atom. The standard InChI is InChI=1S/C23H25N3O6S/c1-11-5-13(9-27-2)17-18(24)22(33-23(17)25-11)15-8-14(32-26-15)6-12-7-16(28-3)20-21(19(12)29-4)31-10-30-20/h5,7,14H,6,8-10,24H2,1-4H3/t14-/m1/s1. The number of nitrogens with zero attached hydrogens (tertiary/aromatic N) is 2. The zero-order chi connectivity index (χ0) is 23.1. The molecule has 0 saturated carbocycles. The number of anilines is 1. The van der Waals surface area contributed by atoms with Gasteiger partial charge in [-0.05, 0) is 24.6 Å². The first-order chi connectivity index (χ1) is 16.0. The molecule has 0 fully saturated rings. The second kappa shape index (κ2) is 8.60. The number of benzene rings is 1. The van der Waals surface area contributed by atoms with Crippen LogP contribution in [0.2, 0.25) is 0 Å². The Morgan fingerprint density at radius 2 is 1.94 bits per heavy atom. The lowest BCUT2D eigenvalue weighted by atomic mass is 10.0. The summed E-state index contributed by atoms with van der Waals surface area (Å²) in [6.07, 6.45) is 0.979. The van der Waals surface area contributed by atoms with Crippen LogP contribution in [0.1, 0.15) is 28.1 Å². The molecular weight excluding hydrogens is 446 g/mol. The molecule has 9 nitrogen and oxygen atoms in total. The van der Waals surface area contributed by atoms with Gasteiger partial charge in [-0.1, -0.05) is 5.16 Å². The third-order valence-electron chi connectivity index (χ3n) is 5.72. The number of rotatable bonds is 7. The second-order valence-corrected chi connectivity index (χ2v) is 8.89.